The molecular weight excluding hydrogens is 318 g/mol. The number of carbonyl (C=O) groups is 2. The molecule has 2 rings (SSSR count). The topological polar surface area (TPSA) is 46.2 Å². The van der Waals surface area contributed by atoms with Crippen LogP contribution in [0.2, 0.25) is 5.02 Å². The molecule has 0 unspecified atom stereocenters. The molecule has 3 nitrogen and oxygen atoms in total. The third-order valence-electron chi connectivity index (χ3n) is 3.03. The van der Waals surface area contributed by atoms with E-state index in [9.17, 15) is 9.59 Å². The standard InChI is InChI=1S/C17H16ClNO2S/c1-11(20)13-4-3-5-15(10-13)19-17(21)12(2)22-16-8-6-14(18)7-9-16/h3-10,12H,1-2H3,(H,19,21)/t12-/m0/s1. The molecule has 0 aromatic heterocycles. The molecule has 5 heteroatoms. The molecule has 0 aliphatic rings. The van der Waals surface area contributed by atoms with Crippen molar-refractivity contribution in [2.45, 2.75) is 24.0 Å². The maximum atomic E-state index is 12.2. The lowest BCUT2D eigenvalue weighted by Crippen LogP contribution is -2.22. The highest BCUT2D eigenvalue weighted by Gasteiger charge is 2.15. The van der Waals surface area contributed by atoms with Crippen molar-refractivity contribution in [3.8, 4) is 0 Å². The molecule has 2 aromatic rings. The van der Waals surface area contributed by atoms with Crippen molar-refractivity contribution in [2.75, 3.05) is 5.32 Å². The minimum Gasteiger partial charge on any atom is -0.325 e. The lowest BCUT2D eigenvalue weighted by molar-refractivity contribution is -0.115. The Kier molecular flexibility index (Phi) is 5.63. The zero-order chi connectivity index (χ0) is 16.1. The minimum absolute atomic E-state index is 0.0281. The first-order chi connectivity index (χ1) is 10.5. The smallest absolute Gasteiger partial charge is 0.237 e. The summed E-state index contributed by atoms with van der Waals surface area (Å²) in [6, 6.07) is 14.3. The number of ketones is 1. The quantitative estimate of drug-likeness (QED) is 0.639. The summed E-state index contributed by atoms with van der Waals surface area (Å²) in [6.07, 6.45) is 0. The Bertz CT molecular complexity index is 685. The summed E-state index contributed by atoms with van der Waals surface area (Å²) in [5.74, 6) is -0.139. The average molecular weight is 334 g/mol. The summed E-state index contributed by atoms with van der Waals surface area (Å²) in [4.78, 5) is 24.6. The molecule has 0 aliphatic heterocycles. The Hall–Kier alpha value is -1.78. The van der Waals surface area contributed by atoms with Gasteiger partial charge in [0.1, 0.15) is 0 Å². The van der Waals surface area contributed by atoms with Crippen LogP contribution < -0.4 is 5.32 Å². The fourth-order valence-electron chi connectivity index (χ4n) is 1.83. The lowest BCUT2D eigenvalue weighted by Gasteiger charge is -2.12. The molecule has 1 amide bonds. The number of hydrogen-bond donors (Lipinski definition) is 1. The Morgan fingerprint density at radius 1 is 1.14 bits per heavy atom. The number of Topliss-reactive ketones (excluding diaryl/α,β-unsaturated/α-hetero) is 1. The zero-order valence-corrected chi connectivity index (χ0v) is 13.9. The van der Waals surface area contributed by atoms with Crippen LogP contribution in [0.15, 0.2) is 53.4 Å². The van der Waals surface area contributed by atoms with E-state index in [0.29, 0.717) is 16.3 Å². The molecule has 0 bridgehead atoms. The molecule has 114 valence electrons. The van der Waals surface area contributed by atoms with Crippen LogP contribution in [-0.2, 0) is 4.79 Å². The molecule has 1 N–H and O–H groups in total. The number of nitrogens with one attached hydrogen (secondary N) is 1. The van der Waals surface area contributed by atoms with E-state index in [0.717, 1.165) is 4.90 Å². The monoisotopic (exact) mass is 333 g/mol. The van der Waals surface area contributed by atoms with Gasteiger partial charge in [0.05, 0.1) is 5.25 Å². The summed E-state index contributed by atoms with van der Waals surface area (Å²) in [7, 11) is 0. The summed E-state index contributed by atoms with van der Waals surface area (Å²) in [6.45, 7) is 3.34. The minimum atomic E-state index is -0.262. The predicted molar refractivity (Wildman–Crippen MR) is 91.8 cm³/mol. The first-order valence-electron chi connectivity index (χ1n) is 6.80. The van der Waals surface area contributed by atoms with Crippen molar-refractivity contribution < 1.29 is 9.59 Å². The second-order valence-electron chi connectivity index (χ2n) is 4.84. The van der Waals surface area contributed by atoms with Crippen molar-refractivity contribution >= 4 is 40.7 Å². The molecular formula is C17H16ClNO2S. The molecule has 22 heavy (non-hydrogen) atoms. The van der Waals surface area contributed by atoms with Crippen LogP contribution in [0.3, 0.4) is 0 Å². The van der Waals surface area contributed by atoms with Gasteiger partial charge in [-0.15, -0.1) is 11.8 Å². The van der Waals surface area contributed by atoms with Gasteiger partial charge in [-0.2, -0.15) is 0 Å². The van der Waals surface area contributed by atoms with Crippen LogP contribution in [0.25, 0.3) is 0 Å². The fourth-order valence-corrected chi connectivity index (χ4v) is 2.82. The Morgan fingerprint density at radius 3 is 2.45 bits per heavy atom. The van der Waals surface area contributed by atoms with Crippen LogP contribution in [0, 0.1) is 0 Å². The van der Waals surface area contributed by atoms with Crippen LogP contribution in [0.4, 0.5) is 5.69 Å². The van der Waals surface area contributed by atoms with Gasteiger partial charge in [0.25, 0.3) is 0 Å². The first kappa shape index (κ1) is 16.6. The van der Waals surface area contributed by atoms with E-state index in [1.807, 2.05) is 19.1 Å². The zero-order valence-electron chi connectivity index (χ0n) is 12.3. The third-order valence-corrected chi connectivity index (χ3v) is 4.40. The van der Waals surface area contributed by atoms with E-state index >= 15 is 0 Å². The van der Waals surface area contributed by atoms with E-state index in [2.05, 4.69) is 5.32 Å². The van der Waals surface area contributed by atoms with E-state index in [1.165, 1.54) is 18.7 Å². The fraction of sp³-hybridized carbons (Fsp3) is 0.176. The lowest BCUT2D eigenvalue weighted by atomic mass is 10.1. The second kappa shape index (κ2) is 7.47. The number of halogens is 1. The molecule has 0 saturated heterocycles. The summed E-state index contributed by atoms with van der Waals surface area (Å²) >= 11 is 7.29. The molecule has 1 atom stereocenters. The number of hydrogen-bond acceptors (Lipinski definition) is 3. The molecule has 0 radical (unpaired) electrons. The molecule has 0 heterocycles. The van der Waals surface area contributed by atoms with Crippen LogP contribution in [0.1, 0.15) is 24.2 Å². The van der Waals surface area contributed by atoms with Gasteiger partial charge in [-0.1, -0.05) is 23.7 Å². The molecule has 0 saturated carbocycles. The highest BCUT2D eigenvalue weighted by Crippen LogP contribution is 2.25. The van der Waals surface area contributed by atoms with E-state index in [-0.39, 0.29) is 16.9 Å². The van der Waals surface area contributed by atoms with E-state index < -0.39 is 0 Å². The SMILES string of the molecule is CC(=O)c1cccc(NC(=O)[C@H](C)Sc2ccc(Cl)cc2)c1. The largest absolute Gasteiger partial charge is 0.325 e. The van der Waals surface area contributed by atoms with Crippen LogP contribution in [0.5, 0.6) is 0 Å². The van der Waals surface area contributed by atoms with Gasteiger partial charge in [0.15, 0.2) is 5.78 Å². The summed E-state index contributed by atoms with van der Waals surface area (Å²) < 4.78 is 0. The van der Waals surface area contributed by atoms with E-state index in [1.54, 1.807) is 36.4 Å². The van der Waals surface area contributed by atoms with Crippen molar-refractivity contribution in [3.63, 3.8) is 0 Å². The molecule has 0 spiro atoms. The third kappa shape index (κ3) is 4.61. The van der Waals surface area contributed by atoms with Crippen molar-refractivity contribution in [1.82, 2.24) is 0 Å². The number of amides is 1. The number of thioether (sulfide) groups is 1. The number of benzene rings is 2. The average Bonchev–Trinajstić information content (AvgIpc) is 2.49. The van der Waals surface area contributed by atoms with Gasteiger partial charge in [0, 0.05) is 21.2 Å². The van der Waals surface area contributed by atoms with Gasteiger partial charge in [0.2, 0.25) is 5.91 Å². The Labute approximate surface area is 139 Å². The normalized spacial score (nSPS) is 11.8. The van der Waals surface area contributed by atoms with E-state index in [4.69, 9.17) is 11.6 Å². The van der Waals surface area contributed by atoms with Crippen molar-refractivity contribution in [3.05, 3.63) is 59.1 Å². The molecule has 2 aromatic carbocycles. The summed E-state index contributed by atoms with van der Waals surface area (Å²) in [5.41, 5.74) is 1.21. The predicted octanol–water partition coefficient (Wildman–Crippen LogP) is 4.66. The van der Waals surface area contributed by atoms with Crippen LogP contribution >= 0.6 is 23.4 Å². The Morgan fingerprint density at radius 2 is 1.82 bits per heavy atom. The van der Waals surface area contributed by atoms with Gasteiger partial charge in [-0.3, -0.25) is 9.59 Å². The first-order valence-corrected chi connectivity index (χ1v) is 8.05. The number of rotatable bonds is 5. The van der Waals surface area contributed by atoms with Gasteiger partial charge < -0.3 is 5.32 Å². The molecule has 0 aliphatic carbocycles. The second-order valence-corrected chi connectivity index (χ2v) is 6.69. The van der Waals surface area contributed by atoms with Crippen molar-refractivity contribution in [1.29, 1.82) is 0 Å². The van der Waals surface area contributed by atoms with Gasteiger partial charge in [-0.05, 0) is 50.2 Å². The number of anilines is 1. The maximum Gasteiger partial charge on any atom is 0.237 e. The highest BCUT2D eigenvalue weighted by molar-refractivity contribution is 8.00. The van der Waals surface area contributed by atoms with Crippen molar-refractivity contribution in [2.24, 2.45) is 0 Å². The maximum absolute atomic E-state index is 12.2. The highest BCUT2D eigenvalue weighted by atomic mass is 35.5. The van der Waals surface area contributed by atoms with Crippen LogP contribution in [-0.4, -0.2) is 16.9 Å². The summed E-state index contributed by atoms with van der Waals surface area (Å²) in [5, 5.41) is 3.24. The Balaban J connectivity index is 2.00. The van der Waals surface area contributed by atoms with Gasteiger partial charge >= 0.3 is 0 Å². The molecule has 0 fully saturated rings. The van der Waals surface area contributed by atoms with Gasteiger partial charge in [-0.25, -0.2) is 0 Å². The number of carbonyl (C=O) groups excluding carboxylic acids is 2.